The van der Waals surface area contributed by atoms with Crippen molar-refractivity contribution < 1.29 is 14.3 Å². The van der Waals surface area contributed by atoms with Crippen molar-refractivity contribution in [2.75, 3.05) is 6.61 Å². The third-order valence-electron chi connectivity index (χ3n) is 8.29. The Morgan fingerprint density at radius 1 is 1.25 bits per heavy atom. The van der Waals surface area contributed by atoms with E-state index < -0.39 is 16.2 Å². The van der Waals surface area contributed by atoms with Crippen LogP contribution in [0.1, 0.15) is 46.0 Å². The number of fused-ring (bicyclic) bond motifs is 2. The minimum Gasteiger partial charge on any atom is -0.465 e. The minimum atomic E-state index is -1.07. The van der Waals surface area contributed by atoms with Gasteiger partial charge in [-0.1, -0.05) is 25.5 Å². The Balaban J connectivity index is 2.00. The van der Waals surface area contributed by atoms with E-state index in [-0.39, 0.29) is 17.7 Å². The fraction of sp³-hybridized carbons (Fsp3) is 0.714. The zero-order chi connectivity index (χ0) is 17.3. The molecule has 3 heteroatoms. The summed E-state index contributed by atoms with van der Waals surface area (Å²) in [5.41, 5.74) is -1.96. The number of hydrogen-bond donors (Lipinski definition) is 0. The van der Waals surface area contributed by atoms with E-state index >= 15 is 0 Å². The predicted molar refractivity (Wildman–Crippen MR) is 92.1 cm³/mol. The molecule has 4 fully saturated rings. The summed E-state index contributed by atoms with van der Waals surface area (Å²) < 4.78 is 5.53. The van der Waals surface area contributed by atoms with E-state index in [2.05, 4.69) is 20.1 Å². The third-order valence-corrected chi connectivity index (χ3v) is 8.29. The number of hydrogen-bond acceptors (Lipinski definition) is 3. The standard InChI is InChI=1S/C21H28O3/c1-5-19-12-15-13(4)8-9-16(15)20(6-2)11-14(19)10-17(22)21(19,20)18(23)24-7-3/h5-6,13-16H,1-2,7-12H2,3-4H3/t13-,14+,15-,16-,19-,20-,21?/m1/s1. The zero-order valence-electron chi connectivity index (χ0n) is 14.8. The van der Waals surface area contributed by atoms with Gasteiger partial charge in [0, 0.05) is 17.3 Å². The molecule has 24 heavy (non-hydrogen) atoms. The van der Waals surface area contributed by atoms with Crippen molar-refractivity contribution in [2.24, 2.45) is 39.9 Å². The normalized spacial score (nSPS) is 51.3. The van der Waals surface area contributed by atoms with Crippen LogP contribution < -0.4 is 0 Å². The van der Waals surface area contributed by atoms with Crippen molar-refractivity contribution in [1.82, 2.24) is 0 Å². The fourth-order valence-electron chi connectivity index (χ4n) is 7.55. The Morgan fingerprint density at radius 3 is 2.58 bits per heavy atom. The van der Waals surface area contributed by atoms with Crippen LogP contribution in [0, 0.1) is 39.9 Å². The summed E-state index contributed by atoms with van der Waals surface area (Å²) in [5.74, 6) is 1.54. The van der Waals surface area contributed by atoms with Gasteiger partial charge in [-0.2, -0.15) is 0 Å². The second-order valence-corrected chi connectivity index (χ2v) is 8.52. The molecule has 0 radical (unpaired) electrons. The van der Waals surface area contributed by atoms with Crippen LogP contribution in [0.15, 0.2) is 25.3 Å². The number of ketones is 1. The Labute approximate surface area is 144 Å². The van der Waals surface area contributed by atoms with E-state index in [4.69, 9.17) is 4.74 Å². The van der Waals surface area contributed by atoms with Gasteiger partial charge in [-0.3, -0.25) is 9.59 Å². The summed E-state index contributed by atoms with van der Waals surface area (Å²) in [5, 5.41) is 0. The number of ether oxygens (including phenoxy) is 1. The first-order valence-electron chi connectivity index (χ1n) is 9.43. The lowest BCUT2D eigenvalue weighted by Gasteiger charge is -2.56. The summed E-state index contributed by atoms with van der Waals surface area (Å²) in [6, 6.07) is 0. The van der Waals surface area contributed by atoms with Gasteiger partial charge in [0.25, 0.3) is 0 Å². The van der Waals surface area contributed by atoms with Gasteiger partial charge in [-0.15, -0.1) is 13.2 Å². The lowest BCUT2D eigenvalue weighted by molar-refractivity contribution is -0.182. The molecule has 4 aliphatic rings. The molecule has 0 aromatic heterocycles. The average molecular weight is 328 g/mol. The first-order chi connectivity index (χ1) is 11.4. The molecule has 0 N–H and O–H groups in total. The van der Waals surface area contributed by atoms with Crippen LogP contribution in [0.5, 0.6) is 0 Å². The monoisotopic (exact) mass is 328 g/mol. The molecule has 0 aromatic rings. The highest BCUT2D eigenvalue weighted by atomic mass is 16.5. The Bertz CT molecular complexity index is 637. The molecule has 0 spiro atoms. The number of carbonyl (C=O) groups is 2. The third kappa shape index (κ3) is 1.35. The first-order valence-corrected chi connectivity index (χ1v) is 9.43. The Morgan fingerprint density at radius 2 is 1.96 bits per heavy atom. The summed E-state index contributed by atoms with van der Waals surface area (Å²) in [6.45, 7) is 12.7. The lowest BCUT2D eigenvalue weighted by atomic mass is 9.44. The Kier molecular flexibility index (Phi) is 3.24. The summed E-state index contributed by atoms with van der Waals surface area (Å²) in [6.07, 6.45) is 8.48. The smallest absolute Gasteiger partial charge is 0.321 e. The molecular weight excluding hydrogens is 300 g/mol. The van der Waals surface area contributed by atoms with Crippen LogP contribution in [0.25, 0.3) is 0 Å². The van der Waals surface area contributed by atoms with Crippen molar-refractivity contribution in [3.63, 3.8) is 0 Å². The van der Waals surface area contributed by atoms with Gasteiger partial charge >= 0.3 is 5.97 Å². The molecule has 0 saturated heterocycles. The summed E-state index contributed by atoms with van der Waals surface area (Å²) in [4.78, 5) is 26.6. The van der Waals surface area contributed by atoms with Gasteiger partial charge in [0.1, 0.15) is 5.41 Å². The SMILES string of the molecule is C=C[C@@]12C[C@@H]3[C@H](C)CC[C@H]3[C@@]3(C=C)C[C@@H]1CC(=O)C23C(=O)OCC. The molecule has 4 aliphatic carbocycles. The summed E-state index contributed by atoms with van der Waals surface area (Å²) in [7, 11) is 0. The van der Waals surface area contributed by atoms with Crippen molar-refractivity contribution in [3.8, 4) is 0 Å². The second-order valence-electron chi connectivity index (χ2n) is 8.52. The van der Waals surface area contributed by atoms with E-state index in [0.717, 1.165) is 19.3 Å². The van der Waals surface area contributed by atoms with Crippen molar-refractivity contribution in [3.05, 3.63) is 25.3 Å². The maximum absolute atomic E-state index is 13.3. The van der Waals surface area contributed by atoms with Crippen LogP contribution in [0.4, 0.5) is 0 Å². The summed E-state index contributed by atoms with van der Waals surface area (Å²) >= 11 is 0. The number of allylic oxidation sites excluding steroid dienone is 2. The highest BCUT2D eigenvalue weighted by Gasteiger charge is 2.85. The molecule has 130 valence electrons. The number of rotatable bonds is 4. The largest absolute Gasteiger partial charge is 0.465 e. The maximum Gasteiger partial charge on any atom is 0.321 e. The molecule has 4 rings (SSSR count). The van der Waals surface area contributed by atoms with E-state index in [9.17, 15) is 9.59 Å². The molecular formula is C21H28O3. The first kappa shape index (κ1) is 16.1. The van der Waals surface area contributed by atoms with E-state index in [0.29, 0.717) is 30.8 Å². The van der Waals surface area contributed by atoms with Gasteiger partial charge in [-0.25, -0.2) is 0 Å². The molecule has 0 amide bonds. The zero-order valence-corrected chi connectivity index (χ0v) is 14.8. The molecule has 0 heterocycles. The van der Waals surface area contributed by atoms with Crippen molar-refractivity contribution in [2.45, 2.75) is 46.0 Å². The predicted octanol–water partition coefficient (Wildman–Crippen LogP) is 3.94. The molecule has 4 saturated carbocycles. The maximum atomic E-state index is 13.3. The van der Waals surface area contributed by atoms with Crippen molar-refractivity contribution >= 4 is 11.8 Å². The van der Waals surface area contributed by atoms with Gasteiger partial charge in [0.15, 0.2) is 5.78 Å². The number of carbonyl (C=O) groups excluding carboxylic acids is 2. The van der Waals surface area contributed by atoms with Gasteiger partial charge in [0.05, 0.1) is 6.61 Å². The van der Waals surface area contributed by atoms with Gasteiger partial charge in [-0.05, 0) is 49.9 Å². The Hall–Kier alpha value is -1.38. The highest BCUT2D eigenvalue weighted by molar-refractivity contribution is 6.10. The number of Topliss-reactive ketones (excluding diaryl/α,β-unsaturated/α-hetero) is 1. The fourth-order valence-corrected chi connectivity index (χ4v) is 7.55. The van der Waals surface area contributed by atoms with E-state index in [1.165, 1.54) is 6.42 Å². The molecule has 4 bridgehead atoms. The van der Waals surface area contributed by atoms with Crippen LogP contribution in [0.2, 0.25) is 0 Å². The van der Waals surface area contributed by atoms with Crippen LogP contribution in [0.3, 0.4) is 0 Å². The topological polar surface area (TPSA) is 43.4 Å². The molecule has 3 nitrogen and oxygen atoms in total. The molecule has 1 unspecified atom stereocenters. The second kappa shape index (κ2) is 4.83. The number of esters is 1. The van der Waals surface area contributed by atoms with Crippen LogP contribution >= 0.6 is 0 Å². The quantitative estimate of drug-likeness (QED) is 0.446. The molecule has 0 aromatic carbocycles. The average Bonchev–Trinajstić information content (AvgIpc) is 3.11. The highest BCUT2D eigenvalue weighted by Crippen LogP contribution is 2.82. The minimum absolute atomic E-state index is 0.0787. The molecule has 0 aliphatic heterocycles. The molecule has 7 atom stereocenters. The van der Waals surface area contributed by atoms with Crippen LogP contribution in [-0.2, 0) is 14.3 Å². The van der Waals surface area contributed by atoms with Gasteiger partial charge < -0.3 is 4.74 Å². The van der Waals surface area contributed by atoms with Crippen molar-refractivity contribution in [1.29, 1.82) is 0 Å². The van der Waals surface area contributed by atoms with Gasteiger partial charge in [0.2, 0.25) is 0 Å². The van der Waals surface area contributed by atoms with Crippen LogP contribution in [-0.4, -0.2) is 18.4 Å². The lowest BCUT2D eigenvalue weighted by Crippen LogP contribution is -2.62. The van der Waals surface area contributed by atoms with E-state index in [1.807, 2.05) is 19.1 Å². The van der Waals surface area contributed by atoms with E-state index in [1.54, 1.807) is 0 Å².